The van der Waals surface area contributed by atoms with Gasteiger partial charge in [-0.1, -0.05) is 36.4 Å². The van der Waals surface area contributed by atoms with Gasteiger partial charge in [-0.2, -0.15) is 0 Å². The summed E-state index contributed by atoms with van der Waals surface area (Å²) in [6, 6.07) is 14.2. The Kier molecular flexibility index (Phi) is 4.12. The van der Waals surface area contributed by atoms with Crippen molar-refractivity contribution in [2.45, 2.75) is 13.3 Å². The molecular weight excluding hydrogens is 310 g/mol. The lowest BCUT2D eigenvalue weighted by Crippen LogP contribution is -2.09. The van der Waals surface area contributed by atoms with Crippen molar-refractivity contribution < 1.29 is 0 Å². The number of rotatable bonds is 5. The molecule has 0 fully saturated rings. The Bertz CT molecular complexity index is 977. The van der Waals surface area contributed by atoms with Crippen molar-refractivity contribution in [3.8, 4) is 11.3 Å². The van der Waals surface area contributed by atoms with Gasteiger partial charge in [0.15, 0.2) is 11.5 Å². The van der Waals surface area contributed by atoms with Crippen LogP contribution in [0.1, 0.15) is 11.3 Å². The van der Waals surface area contributed by atoms with Gasteiger partial charge in [-0.3, -0.25) is 9.38 Å². The summed E-state index contributed by atoms with van der Waals surface area (Å²) in [5, 5.41) is 3.44. The summed E-state index contributed by atoms with van der Waals surface area (Å²) in [4.78, 5) is 13.5. The third-order valence-corrected chi connectivity index (χ3v) is 4.18. The molecule has 0 bridgehead atoms. The van der Waals surface area contributed by atoms with E-state index in [1.165, 1.54) is 5.56 Å². The number of nitrogens with one attached hydrogen (secondary N) is 1. The van der Waals surface area contributed by atoms with Crippen molar-refractivity contribution in [3.63, 3.8) is 0 Å². The van der Waals surface area contributed by atoms with Gasteiger partial charge in [0.05, 0.1) is 5.69 Å². The summed E-state index contributed by atoms with van der Waals surface area (Å²) in [6.45, 7) is 2.83. The maximum absolute atomic E-state index is 4.81. The molecule has 0 aliphatic heterocycles. The van der Waals surface area contributed by atoms with Crippen molar-refractivity contribution >= 4 is 11.5 Å². The van der Waals surface area contributed by atoms with E-state index in [0.29, 0.717) is 0 Å². The molecule has 0 amide bonds. The predicted octanol–water partition coefficient (Wildman–Crippen LogP) is 3.75. The fourth-order valence-electron chi connectivity index (χ4n) is 2.84. The average Bonchev–Trinajstić information content (AvgIpc) is 3.04. The highest BCUT2D eigenvalue weighted by molar-refractivity contribution is 5.69. The second-order valence-electron chi connectivity index (χ2n) is 5.97. The standard InChI is InChI=1S/C20H19N5/c1-15-12-23-20-19(22-11-9-16-6-5-10-21-13-16)24-18(14-25(15)20)17-7-3-2-4-8-17/h2-8,10,12-14H,9,11H2,1H3,(H,22,24). The Hall–Kier alpha value is -3.21. The summed E-state index contributed by atoms with van der Waals surface area (Å²) in [7, 11) is 0. The molecule has 0 saturated carbocycles. The maximum atomic E-state index is 4.81. The summed E-state index contributed by atoms with van der Waals surface area (Å²) in [5.74, 6) is 0.804. The lowest BCUT2D eigenvalue weighted by molar-refractivity contribution is 0.985. The number of anilines is 1. The molecule has 3 aromatic heterocycles. The molecule has 3 heterocycles. The summed E-state index contributed by atoms with van der Waals surface area (Å²) >= 11 is 0. The highest BCUT2D eigenvalue weighted by atomic mass is 15.1. The monoisotopic (exact) mass is 329 g/mol. The van der Waals surface area contributed by atoms with Crippen molar-refractivity contribution in [2.24, 2.45) is 0 Å². The number of aromatic nitrogens is 4. The zero-order valence-corrected chi connectivity index (χ0v) is 14.1. The Labute approximate surface area is 146 Å². The summed E-state index contributed by atoms with van der Waals surface area (Å²) < 4.78 is 2.09. The van der Waals surface area contributed by atoms with E-state index >= 15 is 0 Å². The molecule has 1 aromatic carbocycles. The quantitative estimate of drug-likeness (QED) is 0.606. The molecule has 0 atom stereocenters. The van der Waals surface area contributed by atoms with Crippen LogP contribution in [0.2, 0.25) is 0 Å². The van der Waals surface area contributed by atoms with Gasteiger partial charge in [0.25, 0.3) is 0 Å². The molecule has 0 aliphatic rings. The van der Waals surface area contributed by atoms with E-state index < -0.39 is 0 Å². The van der Waals surface area contributed by atoms with Crippen molar-refractivity contribution in [1.82, 2.24) is 19.4 Å². The largest absolute Gasteiger partial charge is 0.367 e. The molecule has 5 heteroatoms. The van der Waals surface area contributed by atoms with E-state index in [1.807, 2.05) is 49.8 Å². The SMILES string of the molecule is Cc1cnc2c(NCCc3cccnc3)nc(-c3ccccc3)cn12. The van der Waals surface area contributed by atoms with Crippen LogP contribution >= 0.6 is 0 Å². The number of hydrogen-bond donors (Lipinski definition) is 1. The molecule has 25 heavy (non-hydrogen) atoms. The van der Waals surface area contributed by atoms with Crippen molar-refractivity contribution in [2.75, 3.05) is 11.9 Å². The third kappa shape index (κ3) is 3.21. The zero-order chi connectivity index (χ0) is 17.1. The normalized spacial score (nSPS) is 10.9. The molecule has 0 spiro atoms. The molecular formula is C20H19N5. The topological polar surface area (TPSA) is 55.1 Å². The fourth-order valence-corrected chi connectivity index (χ4v) is 2.84. The van der Waals surface area contributed by atoms with Crippen LogP contribution < -0.4 is 5.32 Å². The number of imidazole rings is 1. The molecule has 124 valence electrons. The van der Waals surface area contributed by atoms with Gasteiger partial charge in [0.1, 0.15) is 0 Å². The summed E-state index contributed by atoms with van der Waals surface area (Å²) in [5.41, 5.74) is 5.16. The first-order valence-electron chi connectivity index (χ1n) is 8.34. The third-order valence-electron chi connectivity index (χ3n) is 4.18. The average molecular weight is 329 g/mol. The molecule has 0 saturated heterocycles. The van der Waals surface area contributed by atoms with E-state index in [-0.39, 0.29) is 0 Å². The van der Waals surface area contributed by atoms with Crippen LogP contribution in [-0.2, 0) is 6.42 Å². The van der Waals surface area contributed by atoms with Crippen LogP contribution in [0.15, 0.2) is 67.3 Å². The lowest BCUT2D eigenvalue weighted by atomic mass is 10.1. The molecule has 0 unspecified atom stereocenters. The summed E-state index contributed by atoms with van der Waals surface area (Å²) in [6.07, 6.45) is 8.48. The molecule has 1 N–H and O–H groups in total. The van der Waals surface area contributed by atoms with Crippen LogP contribution in [0.5, 0.6) is 0 Å². The van der Waals surface area contributed by atoms with Gasteiger partial charge in [-0.05, 0) is 25.0 Å². The zero-order valence-electron chi connectivity index (χ0n) is 14.1. The molecule has 4 aromatic rings. The Morgan fingerprint density at radius 3 is 2.72 bits per heavy atom. The molecule has 5 nitrogen and oxygen atoms in total. The first-order chi connectivity index (χ1) is 12.3. The Balaban J connectivity index is 1.65. The van der Waals surface area contributed by atoms with Gasteiger partial charge >= 0.3 is 0 Å². The van der Waals surface area contributed by atoms with Gasteiger partial charge in [0.2, 0.25) is 0 Å². The van der Waals surface area contributed by atoms with E-state index in [1.54, 1.807) is 6.20 Å². The second-order valence-corrected chi connectivity index (χ2v) is 5.97. The molecule has 4 rings (SSSR count). The fraction of sp³-hybridized carbons (Fsp3) is 0.150. The predicted molar refractivity (Wildman–Crippen MR) is 99.6 cm³/mol. The number of fused-ring (bicyclic) bond motifs is 1. The van der Waals surface area contributed by atoms with Crippen LogP contribution in [0.25, 0.3) is 16.9 Å². The number of hydrogen-bond acceptors (Lipinski definition) is 4. The smallest absolute Gasteiger partial charge is 0.180 e. The van der Waals surface area contributed by atoms with Gasteiger partial charge in [-0.25, -0.2) is 9.97 Å². The molecule has 0 aliphatic carbocycles. The van der Waals surface area contributed by atoms with E-state index in [9.17, 15) is 0 Å². The number of benzene rings is 1. The van der Waals surface area contributed by atoms with Crippen molar-refractivity contribution in [1.29, 1.82) is 0 Å². The highest BCUT2D eigenvalue weighted by Crippen LogP contribution is 2.23. The highest BCUT2D eigenvalue weighted by Gasteiger charge is 2.10. The van der Waals surface area contributed by atoms with E-state index in [2.05, 4.69) is 37.9 Å². The number of aryl methyl sites for hydroxylation is 1. The maximum Gasteiger partial charge on any atom is 0.180 e. The van der Waals surface area contributed by atoms with E-state index in [4.69, 9.17) is 4.98 Å². The van der Waals surface area contributed by atoms with Gasteiger partial charge in [0, 0.05) is 42.6 Å². The minimum Gasteiger partial charge on any atom is -0.367 e. The number of pyridine rings is 1. The first-order valence-corrected chi connectivity index (χ1v) is 8.34. The van der Waals surface area contributed by atoms with E-state index in [0.717, 1.165) is 41.4 Å². The van der Waals surface area contributed by atoms with Crippen LogP contribution in [0.3, 0.4) is 0 Å². The number of nitrogens with zero attached hydrogens (tertiary/aromatic N) is 4. The van der Waals surface area contributed by atoms with Crippen LogP contribution in [-0.4, -0.2) is 25.9 Å². The minimum absolute atomic E-state index is 0.776. The lowest BCUT2D eigenvalue weighted by Gasteiger charge is -2.10. The van der Waals surface area contributed by atoms with Gasteiger partial charge < -0.3 is 5.32 Å². The van der Waals surface area contributed by atoms with Gasteiger partial charge in [-0.15, -0.1) is 0 Å². The van der Waals surface area contributed by atoms with Crippen LogP contribution in [0.4, 0.5) is 5.82 Å². The van der Waals surface area contributed by atoms with Crippen LogP contribution in [0, 0.1) is 6.92 Å². The van der Waals surface area contributed by atoms with Crippen molar-refractivity contribution in [3.05, 3.63) is 78.5 Å². The second kappa shape index (κ2) is 6.73. The minimum atomic E-state index is 0.776. The first kappa shape index (κ1) is 15.3. The Morgan fingerprint density at radius 2 is 1.92 bits per heavy atom. The molecule has 0 radical (unpaired) electrons. The Morgan fingerprint density at radius 1 is 1.04 bits per heavy atom.